The molecule has 0 aliphatic carbocycles. The van der Waals surface area contributed by atoms with E-state index in [4.69, 9.17) is 5.11 Å². The van der Waals surface area contributed by atoms with Crippen molar-refractivity contribution in [2.24, 2.45) is 0 Å². The number of hydrogen-bond donors (Lipinski definition) is 1. The van der Waals surface area contributed by atoms with E-state index in [1.807, 2.05) is 0 Å². The molecule has 0 unspecified atom stereocenters. The third kappa shape index (κ3) is 82.6. The Balaban J connectivity index is -0.0000000712. The number of aliphatic hydroxyl groups is 1. The number of carbonyl (C=O) groups excluding carboxylic acids is 3. The van der Waals surface area contributed by atoms with Gasteiger partial charge in [-0.25, -0.2) is 0 Å². The van der Waals surface area contributed by atoms with Crippen LogP contribution in [0.5, 0.6) is 0 Å². The molecule has 0 rings (SSSR count). The van der Waals surface area contributed by atoms with E-state index in [2.05, 4.69) is 84.6 Å². The number of hydrogen-bond acceptors (Lipinski definition) is 7. The van der Waals surface area contributed by atoms with Gasteiger partial charge in [0.2, 0.25) is 0 Å². The number of carboxylic acid groups (broad SMARTS) is 3. The lowest BCUT2D eigenvalue weighted by atomic mass is 9.96. The molecule has 0 atom stereocenters. The highest BCUT2D eigenvalue weighted by Gasteiger charge is 2.29. The Morgan fingerprint density at radius 1 is 0.600 bits per heavy atom. The molecule has 12 heteroatoms. The highest BCUT2D eigenvalue weighted by atomic mass is 16.4. The van der Waals surface area contributed by atoms with E-state index in [9.17, 15) is 29.7 Å². The molecule has 0 aromatic rings. The van der Waals surface area contributed by atoms with E-state index in [1.165, 1.54) is 0 Å². The van der Waals surface area contributed by atoms with E-state index in [0.29, 0.717) is 0 Å². The molecular weight excluding hydrogens is 402 g/mol. The molecule has 0 aromatic heterocycles. The van der Waals surface area contributed by atoms with Crippen LogP contribution in [0, 0.1) is 0 Å². The molecule has 0 radical (unpaired) electrons. The predicted molar refractivity (Wildman–Crippen MR) is 108 cm³/mol. The zero-order valence-corrected chi connectivity index (χ0v) is 20.7. The van der Waals surface area contributed by atoms with Crippen LogP contribution in [0.15, 0.2) is 0 Å². The molecule has 0 spiro atoms. The minimum atomic E-state index is -2.97. The zero-order valence-electron chi connectivity index (χ0n) is 20.7. The third-order valence-electron chi connectivity index (χ3n) is 1.25. The Morgan fingerprint density at radius 2 is 0.733 bits per heavy atom. The Morgan fingerprint density at radius 3 is 0.800 bits per heavy atom. The van der Waals surface area contributed by atoms with Crippen LogP contribution in [0.25, 0.3) is 0 Å². The van der Waals surface area contributed by atoms with Crippen LogP contribution < -0.4 is 15.3 Å². The van der Waals surface area contributed by atoms with Crippen molar-refractivity contribution in [3.63, 3.8) is 0 Å². The summed E-state index contributed by atoms with van der Waals surface area (Å²) in [7, 11) is 25.5. The molecule has 0 fully saturated rings. The smallest absolute Gasteiger partial charge is 0.114 e. The summed E-state index contributed by atoms with van der Waals surface area (Å²) < 4.78 is 3.00. The summed E-state index contributed by atoms with van der Waals surface area (Å²) in [6, 6.07) is 0. The minimum Gasteiger partial charge on any atom is -0.550 e. The number of rotatable bonds is 5. The van der Waals surface area contributed by atoms with Crippen molar-refractivity contribution in [1.29, 1.82) is 0 Å². The second kappa shape index (κ2) is 16.9. The van der Waals surface area contributed by atoms with Crippen molar-refractivity contribution in [2.75, 3.05) is 84.6 Å². The van der Waals surface area contributed by atoms with Gasteiger partial charge in [0, 0.05) is 24.8 Å². The first-order valence-electron chi connectivity index (χ1n) is 8.48. The molecule has 5 N–H and O–H groups in total. The average Bonchev–Trinajstić information content (AvgIpc) is 2.17. The lowest BCUT2D eigenvalue weighted by Crippen LogP contribution is -2.54. The van der Waals surface area contributed by atoms with Crippen LogP contribution in [0.1, 0.15) is 12.8 Å². The quantitative estimate of drug-likeness (QED) is 0.403. The molecule has 0 aliphatic rings. The topological polar surface area (TPSA) is 204 Å². The van der Waals surface area contributed by atoms with Crippen LogP contribution in [0.2, 0.25) is 0 Å². The first kappa shape index (κ1) is 42.3. The van der Waals surface area contributed by atoms with Crippen LogP contribution in [-0.4, -0.2) is 138 Å². The Kier molecular flexibility index (Phi) is 23.9. The fourth-order valence-corrected chi connectivity index (χ4v) is 0.684. The molecular formula is C18H45N3O9. The van der Waals surface area contributed by atoms with E-state index in [-0.39, 0.29) is 11.0 Å². The first-order valence-corrected chi connectivity index (χ1v) is 8.48. The van der Waals surface area contributed by atoms with E-state index >= 15 is 0 Å². The molecule has 0 bridgehead atoms. The van der Waals surface area contributed by atoms with Crippen LogP contribution >= 0.6 is 0 Å². The number of carbonyl (C=O) groups is 3. The van der Waals surface area contributed by atoms with E-state index in [1.54, 1.807) is 0 Å². The molecule has 0 aromatic carbocycles. The van der Waals surface area contributed by atoms with Crippen LogP contribution in [-0.2, 0) is 14.4 Å². The molecule has 12 nitrogen and oxygen atoms in total. The second-order valence-electron chi connectivity index (χ2n) is 10.5. The van der Waals surface area contributed by atoms with Crippen LogP contribution in [0.4, 0.5) is 0 Å². The minimum absolute atomic E-state index is 0. The predicted octanol–water partition coefficient (Wildman–Crippen LogP) is -5.93. The van der Waals surface area contributed by atoms with E-state index < -0.39 is 36.4 Å². The summed E-state index contributed by atoms with van der Waals surface area (Å²) in [6.07, 6.45) is -2.72. The molecule has 30 heavy (non-hydrogen) atoms. The van der Waals surface area contributed by atoms with Gasteiger partial charge in [0.25, 0.3) is 0 Å². The van der Waals surface area contributed by atoms with Gasteiger partial charge in [-0.1, -0.05) is 0 Å². The van der Waals surface area contributed by atoms with Gasteiger partial charge in [-0.05, 0) is 0 Å². The van der Waals surface area contributed by atoms with Crippen molar-refractivity contribution < 1.29 is 59.2 Å². The zero-order chi connectivity index (χ0) is 24.1. The van der Waals surface area contributed by atoms with Crippen LogP contribution in [0.3, 0.4) is 0 Å². The summed E-state index contributed by atoms with van der Waals surface area (Å²) in [6.45, 7) is 0. The first-order chi connectivity index (χ1) is 11.8. The molecule has 0 saturated heterocycles. The van der Waals surface area contributed by atoms with Gasteiger partial charge in [0.15, 0.2) is 0 Å². The lowest BCUT2D eigenvalue weighted by Gasteiger charge is -2.29. The van der Waals surface area contributed by atoms with Crippen molar-refractivity contribution >= 4 is 17.9 Å². The van der Waals surface area contributed by atoms with Crippen molar-refractivity contribution in [1.82, 2.24) is 0 Å². The number of quaternary nitrogens is 3. The maximum Gasteiger partial charge on any atom is 0.114 e. The number of nitrogens with zero attached hydrogens (tertiary/aromatic N) is 3. The Hall–Kier alpha value is -1.83. The van der Waals surface area contributed by atoms with Gasteiger partial charge in [-0.15, -0.1) is 0 Å². The fourth-order valence-electron chi connectivity index (χ4n) is 0.684. The SMILES string of the molecule is C[N+](C)(C)C.C[N+](C)(C)C.C[N+](C)(C)C.O.O.O=C([O-])CC(O)(CC(=O)[O-])C(=O)[O-]. The van der Waals surface area contributed by atoms with Gasteiger partial charge in [0.1, 0.15) is 5.60 Å². The monoisotopic (exact) mass is 447 g/mol. The Labute approximate surface area is 180 Å². The average molecular weight is 448 g/mol. The van der Waals surface area contributed by atoms with Gasteiger partial charge >= 0.3 is 0 Å². The fraction of sp³-hybridized carbons (Fsp3) is 0.833. The highest BCUT2D eigenvalue weighted by Crippen LogP contribution is 2.13. The molecule has 0 amide bonds. The normalized spacial score (nSPS) is 10.7. The summed E-state index contributed by atoms with van der Waals surface area (Å²) in [5.74, 6) is -5.98. The molecule has 0 heterocycles. The van der Waals surface area contributed by atoms with Crippen molar-refractivity contribution in [3.05, 3.63) is 0 Å². The van der Waals surface area contributed by atoms with Gasteiger partial charge in [-0.2, -0.15) is 0 Å². The van der Waals surface area contributed by atoms with Crippen molar-refractivity contribution in [2.45, 2.75) is 18.4 Å². The maximum absolute atomic E-state index is 10.1. The second-order valence-corrected chi connectivity index (χ2v) is 10.5. The third-order valence-corrected chi connectivity index (χ3v) is 1.25. The summed E-state index contributed by atoms with van der Waals surface area (Å²) in [5.41, 5.74) is -2.97. The standard InChI is InChI=1S/C6H8O7.3C4H12N.2H2O/c7-3(8)1-6(13,5(11)12)2-4(9)10;3*1-5(2,3)4;;/h13H,1-2H2,(H,7,8)(H,9,10)(H,11,12);3*1-4H3;2*1H2/q;3*+1;;/p-3. The molecule has 0 saturated carbocycles. The van der Waals surface area contributed by atoms with Gasteiger partial charge < -0.3 is 59.2 Å². The Bertz CT molecular complexity index is 414. The number of aliphatic carboxylic acids is 3. The highest BCUT2D eigenvalue weighted by molar-refractivity contribution is 5.86. The molecule has 0 aliphatic heterocycles. The summed E-state index contributed by atoms with van der Waals surface area (Å²) in [4.78, 5) is 30.0. The van der Waals surface area contributed by atoms with E-state index in [0.717, 1.165) is 13.4 Å². The number of carboxylic acids is 3. The lowest BCUT2D eigenvalue weighted by molar-refractivity contribution is -0.849. The largest absolute Gasteiger partial charge is 0.550 e. The summed E-state index contributed by atoms with van der Waals surface area (Å²) in [5, 5.41) is 38.9. The van der Waals surface area contributed by atoms with Crippen molar-refractivity contribution in [3.8, 4) is 0 Å². The molecule has 186 valence electrons. The van der Waals surface area contributed by atoms with Gasteiger partial charge in [-0.3, -0.25) is 0 Å². The maximum atomic E-state index is 10.1. The van der Waals surface area contributed by atoms with Gasteiger partial charge in [0.05, 0.1) is 90.5 Å². The summed E-state index contributed by atoms with van der Waals surface area (Å²) >= 11 is 0.